The van der Waals surface area contributed by atoms with E-state index in [1.165, 1.54) is 0 Å². The van der Waals surface area contributed by atoms with Gasteiger partial charge in [0.1, 0.15) is 5.82 Å². The van der Waals surface area contributed by atoms with Gasteiger partial charge in [0.2, 0.25) is 0 Å². The average Bonchev–Trinajstić information content (AvgIpc) is 2.34. The van der Waals surface area contributed by atoms with Gasteiger partial charge in [0.25, 0.3) is 0 Å². The molecule has 1 rings (SSSR count). The van der Waals surface area contributed by atoms with Crippen LogP contribution < -0.4 is 4.90 Å². The molecule has 0 fully saturated rings. The molecule has 0 amide bonds. The van der Waals surface area contributed by atoms with Crippen LogP contribution in [0.25, 0.3) is 0 Å². The van der Waals surface area contributed by atoms with Crippen LogP contribution in [-0.2, 0) is 6.61 Å². The summed E-state index contributed by atoms with van der Waals surface area (Å²) in [4.78, 5) is 6.31. The van der Waals surface area contributed by atoms with Crippen LogP contribution in [0, 0.1) is 0 Å². The van der Waals surface area contributed by atoms with Crippen molar-refractivity contribution in [2.75, 3.05) is 24.6 Å². The maximum absolute atomic E-state index is 9.05. The molecule has 0 saturated carbocycles. The van der Waals surface area contributed by atoms with E-state index in [9.17, 15) is 0 Å². The minimum absolute atomic E-state index is 0.0241. The van der Waals surface area contributed by atoms with Gasteiger partial charge in [-0.05, 0) is 24.1 Å². The lowest BCUT2D eigenvalue weighted by atomic mass is 10.2. The number of pyridine rings is 1. The van der Waals surface area contributed by atoms with Gasteiger partial charge < -0.3 is 15.1 Å². The topological polar surface area (TPSA) is 56.6 Å². The first kappa shape index (κ1) is 12.9. The van der Waals surface area contributed by atoms with Crippen molar-refractivity contribution in [3.8, 4) is 0 Å². The number of unbranched alkanes of at least 4 members (excludes halogenated alkanes) is 1. The normalized spacial score (nSPS) is 10.4. The van der Waals surface area contributed by atoms with Gasteiger partial charge in [-0.25, -0.2) is 4.98 Å². The Labute approximate surface area is 96.6 Å². The van der Waals surface area contributed by atoms with Crippen molar-refractivity contribution in [1.82, 2.24) is 4.98 Å². The first-order valence-corrected chi connectivity index (χ1v) is 5.73. The van der Waals surface area contributed by atoms with Gasteiger partial charge in [0, 0.05) is 19.3 Å². The van der Waals surface area contributed by atoms with Crippen molar-refractivity contribution < 1.29 is 10.2 Å². The number of aromatic nitrogens is 1. The third kappa shape index (κ3) is 3.79. The zero-order valence-corrected chi connectivity index (χ0v) is 9.76. The van der Waals surface area contributed by atoms with Crippen molar-refractivity contribution in [2.24, 2.45) is 0 Å². The van der Waals surface area contributed by atoms with Crippen LogP contribution >= 0.6 is 0 Å². The maximum atomic E-state index is 9.05. The first-order chi connectivity index (χ1) is 7.81. The minimum atomic E-state index is 0.0241. The summed E-state index contributed by atoms with van der Waals surface area (Å²) < 4.78 is 0. The van der Waals surface area contributed by atoms with Crippen molar-refractivity contribution in [3.05, 3.63) is 23.9 Å². The van der Waals surface area contributed by atoms with E-state index in [0.29, 0.717) is 6.54 Å². The molecule has 0 radical (unpaired) electrons. The SMILES string of the molecule is CCCCN(CCO)c1cc(CO)ccn1. The molecule has 0 spiro atoms. The van der Waals surface area contributed by atoms with E-state index in [4.69, 9.17) is 10.2 Å². The molecule has 0 aliphatic carbocycles. The highest BCUT2D eigenvalue weighted by Gasteiger charge is 2.07. The third-order valence-electron chi connectivity index (χ3n) is 2.47. The Morgan fingerprint density at radius 1 is 1.31 bits per heavy atom. The fourth-order valence-corrected chi connectivity index (χ4v) is 1.54. The Morgan fingerprint density at radius 2 is 2.12 bits per heavy atom. The van der Waals surface area contributed by atoms with Gasteiger partial charge in [-0.15, -0.1) is 0 Å². The number of hydrogen-bond donors (Lipinski definition) is 2. The van der Waals surface area contributed by atoms with Gasteiger partial charge in [0.15, 0.2) is 0 Å². The molecule has 90 valence electrons. The molecule has 0 atom stereocenters. The van der Waals surface area contributed by atoms with Crippen LogP contribution in [0.1, 0.15) is 25.3 Å². The Kier molecular flexibility index (Phi) is 5.82. The monoisotopic (exact) mass is 224 g/mol. The number of aliphatic hydroxyl groups is 2. The quantitative estimate of drug-likeness (QED) is 0.730. The zero-order valence-electron chi connectivity index (χ0n) is 9.76. The van der Waals surface area contributed by atoms with Gasteiger partial charge in [-0.3, -0.25) is 0 Å². The molecule has 2 N–H and O–H groups in total. The molecule has 1 aromatic rings. The second kappa shape index (κ2) is 7.19. The standard InChI is InChI=1S/C12H20N2O2/c1-2-3-6-14(7-8-15)12-9-11(10-16)4-5-13-12/h4-5,9,15-16H,2-3,6-8,10H2,1H3. The summed E-state index contributed by atoms with van der Waals surface area (Å²) in [6.07, 6.45) is 3.88. The lowest BCUT2D eigenvalue weighted by molar-refractivity contribution is 0.281. The van der Waals surface area contributed by atoms with E-state index < -0.39 is 0 Å². The molecule has 1 aromatic heterocycles. The predicted molar refractivity (Wildman–Crippen MR) is 64.4 cm³/mol. The lowest BCUT2D eigenvalue weighted by Gasteiger charge is -2.22. The van der Waals surface area contributed by atoms with E-state index in [2.05, 4.69) is 11.9 Å². The summed E-state index contributed by atoms with van der Waals surface area (Å²) in [6, 6.07) is 3.66. The van der Waals surface area contributed by atoms with Crippen LogP contribution in [0.15, 0.2) is 18.3 Å². The fraction of sp³-hybridized carbons (Fsp3) is 0.583. The minimum Gasteiger partial charge on any atom is -0.395 e. The fourth-order valence-electron chi connectivity index (χ4n) is 1.54. The molecule has 4 heteroatoms. The van der Waals surface area contributed by atoms with Crippen LogP contribution in [0.2, 0.25) is 0 Å². The zero-order chi connectivity index (χ0) is 11.8. The van der Waals surface area contributed by atoms with E-state index in [-0.39, 0.29) is 13.2 Å². The number of rotatable bonds is 7. The van der Waals surface area contributed by atoms with Crippen molar-refractivity contribution >= 4 is 5.82 Å². The smallest absolute Gasteiger partial charge is 0.128 e. The van der Waals surface area contributed by atoms with Crippen LogP contribution in [0.4, 0.5) is 5.82 Å². The van der Waals surface area contributed by atoms with Gasteiger partial charge in [0.05, 0.1) is 13.2 Å². The summed E-state index contributed by atoms with van der Waals surface area (Å²) >= 11 is 0. The number of hydrogen-bond acceptors (Lipinski definition) is 4. The second-order valence-corrected chi connectivity index (χ2v) is 3.74. The summed E-state index contributed by atoms with van der Waals surface area (Å²) in [5.41, 5.74) is 0.851. The molecule has 1 heterocycles. The summed E-state index contributed by atoms with van der Waals surface area (Å²) in [5.74, 6) is 0.828. The predicted octanol–water partition coefficient (Wildman–Crippen LogP) is 1.17. The molecule has 0 bridgehead atoms. The molecule has 0 aliphatic heterocycles. The van der Waals surface area contributed by atoms with E-state index in [1.807, 2.05) is 11.0 Å². The van der Waals surface area contributed by atoms with Gasteiger partial charge in [-0.1, -0.05) is 13.3 Å². The average molecular weight is 224 g/mol. The van der Waals surface area contributed by atoms with Crippen LogP contribution in [0.5, 0.6) is 0 Å². The number of aliphatic hydroxyl groups excluding tert-OH is 2. The van der Waals surface area contributed by atoms with Crippen LogP contribution in [-0.4, -0.2) is 34.9 Å². The van der Waals surface area contributed by atoms with Crippen LogP contribution in [0.3, 0.4) is 0 Å². The largest absolute Gasteiger partial charge is 0.395 e. The summed E-state index contributed by atoms with van der Waals surface area (Å²) in [6.45, 7) is 3.75. The molecule has 4 nitrogen and oxygen atoms in total. The summed E-state index contributed by atoms with van der Waals surface area (Å²) in [7, 11) is 0. The highest BCUT2D eigenvalue weighted by atomic mass is 16.3. The van der Waals surface area contributed by atoms with E-state index in [0.717, 1.165) is 30.8 Å². The molecule has 16 heavy (non-hydrogen) atoms. The molecule has 0 unspecified atom stereocenters. The number of nitrogens with zero attached hydrogens (tertiary/aromatic N) is 2. The van der Waals surface area contributed by atoms with Gasteiger partial charge in [-0.2, -0.15) is 0 Å². The molecular formula is C12H20N2O2. The maximum Gasteiger partial charge on any atom is 0.128 e. The first-order valence-electron chi connectivity index (χ1n) is 5.73. The molecule has 0 aliphatic rings. The molecule has 0 saturated heterocycles. The van der Waals surface area contributed by atoms with Gasteiger partial charge >= 0.3 is 0 Å². The highest BCUT2D eigenvalue weighted by molar-refractivity contribution is 5.40. The van der Waals surface area contributed by atoms with Crippen molar-refractivity contribution in [3.63, 3.8) is 0 Å². The molecular weight excluding hydrogens is 204 g/mol. The van der Waals surface area contributed by atoms with Crippen molar-refractivity contribution in [2.45, 2.75) is 26.4 Å². The van der Waals surface area contributed by atoms with Crippen molar-refractivity contribution in [1.29, 1.82) is 0 Å². The molecule has 0 aromatic carbocycles. The Morgan fingerprint density at radius 3 is 2.75 bits per heavy atom. The Hall–Kier alpha value is -1.13. The van der Waals surface area contributed by atoms with E-state index in [1.54, 1.807) is 12.3 Å². The Bertz CT molecular complexity index is 305. The second-order valence-electron chi connectivity index (χ2n) is 3.74. The Balaban J connectivity index is 2.73. The highest BCUT2D eigenvalue weighted by Crippen LogP contribution is 2.13. The lowest BCUT2D eigenvalue weighted by Crippen LogP contribution is -2.28. The third-order valence-corrected chi connectivity index (χ3v) is 2.47. The summed E-state index contributed by atoms with van der Waals surface area (Å²) in [5, 5.41) is 18.1. The van der Waals surface area contributed by atoms with E-state index >= 15 is 0 Å². The number of anilines is 1.